The van der Waals surface area contributed by atoms with E-state index >= 15 is 0 Å². The Labute approximate surface area is 142 Å². The first-order valence-electron chi connectivity index (χ1n) is 6.74. The fraction of sp³-hybridized carbons (Fsp3) is 0.118. The van der Waals surface area contributed by atoms with Crippen LogP contribution in [-0.4, -0.2) is 12.1 Å². The normalized spacial score (nSPS) is 10.7. The molecule has 0 saturated heterocycles. The van der Waals surface area contributed by atoms with E-state index in [0.717, 1.165) is 43.1 Å². The Morgan fingerprint density at radius 3 is 2.73 bits per heavy atom. The maximum Gasteiger partial charge on any atom is 0.139 e. The van der Waals surface area contributed by atoms with E-state index in [0.29, 0.717) is 0 Å². The van der Waals surface area contributed by atoms with Gasteiger partial charge >= 0.3 is 0 Å². The Hall–Kier alpha value is -1.78. The van der Waals surface area contributed by atoms with Crippen molar-refractivity contribution in [1.29, 1.82) is 0 Å². The van der Waals surface area contributed by atoms with Gasteiger partial charge in [-0.1, -0.05) is 33.6 Å². The van der Waals surface area contributed by atoms with Gasteiger partial charge in [0.25, 0.3) is 0 Å². The Bertz CT molecular complexity index is 851. The zero-order valence-corrected chi connectivity index (χ0v) is 14.5. The zero-order valence-electron chi connectivity index (χ0n) is 12.2. The third-order valence-electron chi connectivity index (χ3n) is 3.49. The molecule has 1 aromatic heterocycles. The van der Waals surface area contributed by atoms with Crippen LogP contribution in [0.2, 0.25) is 5.02 Å². The molecular formula is C17H14BrClN2O. The lowest BCUT2D eigenvalue weighted by atomic mass is 10.1. The van der Waals surface area contributed by atoms with Crippen molar-refractivity contribution >= 4 is 49.8 Å². The molecule has 0 radical (unpaired) electrons. The van der Waals surface area contributed by atoms with E-state index in [4.69, 9.17) is 16.3 Å². The fourth-order valence-corrected chi connectivity index (χ4v) is 3.03. The second-order valence-electron chi connectivity index (χ2n) is 4.92. The van der Waals surface area contributed by atoms with E-state index in [1.165, 1.54) is 0 Å². The van der Waals surface area contributed by atoms with E-state index in [-0.39, 0.29) is 0 Å². The highest BCUT2D eigenvalue weighted by Gasteiger charge is 2.11. The lowest BCUT2D eigenvalue weighted by molar-refractivity contribution is 0.420. The van der Waals surface area contributed by atoms with Crippen LogP contribution in [0.15, 0.2) is 47.1 Å². The molecule has 0 saturated carbocycles. The van der Waals surface area contributed by atoms with Crippen LogP contribution < -0.4 is 10.1 Å². The summed E-state index contributed by atoms with van der Waals surface area (Å²) < 4.78 is 6.38. The number of anilines is 2. The SMILES string of the molecule is COc1ccc(Br)c2c(Nc3ccc(C)c(Cl)c3)nccc12. The quantitative estimate of drug-likeness (QED) is 0.634. The van der Waals surface area contributed by atoms with E-state index in [1.807, 2.05) is 43.3 Å². The molecule has 3 rings (SSSR count). The molecule has 0 amide bonds. The van der Waals surface area contributed by atoms with Gasteiger partial charge in [0.15, 0.2) is 0 Å². The van der Waals surface area contributed by atoms with Crippen molar-refractivity contribution in [3.8, 4) is 5.75 Å². The van der Waals surface area contributed by atoms with Crippen molar-refractivity contribution < 1.29 is 4.74 Å². The number of aromatic nitrogens is 1. The summed E-state index contributed by atoms with van der Waals surface area (Å²) in [6.07, 6.45) is 1.76. The molecule has 112 valence electrons. The highest BCUT2D eigenvalue weighted by Crippen LogP contribution is 2.36. The average Bonchev–Trinajstić information content (AvgIpc) is 2.51. The van der Waals surface area contributed by atoms with Crippen molar-refractivity contribution in [2.75, 3.05) is 12.4 Å². The summed E-state index contributed by atoms with van der Waals surface area (Å²) in [5.41, 5.74) is 1.94. The molecule has 0 atom stereocenters. The van der Waals surface area contributed by atoms with Crippen LogP contribution >= 0.6 is 27.5 Å². The number of rotatable bonds is 3. The first-order chi connectivity index (χ1) is 10.6. The van der Waals surface area contributed by atoms with Gasteiger partial charge in [-0.05, 0) is 42.8 Å². The van der Waals surface area contributed by atoms with Crippen molar-refractivity contribution in [3.63, 3.8) is 0 Å². The van der Waals surface area contributed by atoms with Gasteiger partial charge in [0, 0.05) is 32.2 Å². The number of ether oxygens (including phenoxy) is 1. The number of hydrogen-bond acceptors (Lipinski definition) is 3. The number of benzene rings is 2. The van der Waals surface area contributed by atoms with Gasteiger partial charge in [-0.15, -0.1) is 0 Å². The summed E-state index contributed by atoms with van der Waals surface area (Å²) in [4.78, 5) is 4.45. The molecule has 2 aromatic carbocycles. The van der Waals surface area contributed by atoms with Crippen LogP contribution in [0.4, 0.5) is 11.5 Å². The van der Waals surface area contributed by atoms with Crippen LogP contribution in [0.5, 0.6) is 5.75 Å². The molecule has 0 fully saturated rings. The second kappa shape index (κ2) is 6.15. The van der Waals surface area contributed by atoms with Crippen molar-refractivity contribution in [1.82, 2.24) is 4.98 Å². The van der Waals surface area contributed by atoms with Crippen LogP contribution in [-0.2, 0) is 0 Å². The topological polar surface area (TPSA) is 34.1 Å². The molecule has 0 bridgehead atoms. The number of nitrogens with zero attached hydrogens (tertiary/aromatic N) is 1. The molecule has 1 heterocycles. The number of pyridine rings is 1. The lowest BCUT2D eigenvalue weighted by Gasteiger charge is -2.13. The lowest BCUT2D eigenvalue weighted by Crippen LogP contribution is -1.96. The van der Waals surface area contributed by atoms with Crippen LogP contribution in [0.1, 0.15) is 5.56 Å². The predicted molar refractivity (Wildman–Crippen MR) is 95.5 cm³/mol. The summed E-state index contributed by atoms with van der Waals surface area (Å²) in [5, 5.41) is 6.01. The Morgan fingerprint density at radius 1 is 1.18 bits per heavy atom. The van der Waals surface area contributed by atoms with Crippen LogP contribution in [0.3, 0.4) is 0 Å². The standard InChI is InChI=1S/C17H14BrClN2O/c1-10-3-4-11(9-14(10)19)21-17-16-12(7-8-20-17)15(22-2)6-5-13(16)18/h3-9H,1-2H3,(H,20,21). The largest absolute Gasteiger partial charge is 0.496 e. The van der Waals surface area contributed by atoms with Crippen LogP contribution in [0, 0.1) is 6.92 Å². The van der Waals surface area contributed by atoms with E-state index in [9.17, 15) is 0 Å². The Morgan fingerprint density at radius 2 is 2.00 bits per heavy atom. The number of halogens is 2. The number of hydrogen-bond donors (Lipinski definition) is 1. The molecule has 0 spiro atoms. The summed E-state index contributed by atoms with van der Waals surface area (Å²) in [5.74, 6) is 1.56. The first-order valence-corrected chi connectivity index (χ1v) is 7.91. The molecule has 0 unspecified atom stereocenters. The van der Waals surface area contributed by atoms with Gasteiger partial charge in [0.05, 0.1) is 7.11 Å². The van der Waals surface area contributed by atoms with Crippen molar-refractivity contribution in [3.05, 3.63) is 57.7 Å². The molecular weight excluding hydrogens is 364 g/mol. The smallest absolute Gasteiger partial charge is 0.139 e. The summed E-state index contributed by atoms with van der Waals surface area (Å²) in [6, 6.07) is 11.7. The summed E-state index contributed by atoms with van der Waals surface area (Å²) >= 11 is 9.78. The highest BCUT2D eigenvalue weighted by molar-refractivity contribution is 9.10. The van der Waals surface area contributed by atoms with Gasteiger partial charge in [-0.25, -0.2) is 4.98 Å². The van der Waals surface area contributed by atoms with Crippen molar-refractivity contribution in [2.45, 2.75) is 6.92 Å². The monoisotopic (exact) mass is 376 g/mol. The maximum atomic E-state index is 6.19. The fourth-order valence-electron chi connectivity index (χ4n) is 2.31. The van der Waals surface area contributed by atoms with Crippen molar-refractivity contribution in [2.24, 2.45) is 0 Å². The Kier molecular flexibility index (Phi) is 4.23. The highest BCUT2D eigenvalue weighted by atomic mass is 79.9. The van der Waals surface area contributed by atoms with Gasteiger partial charge in [-0.2, -0.15) is 0 Å². The number of aryl methyl sites for hydroxylation is 1. The molecule has 3 aromatic rings. The molecule has 3 nitrogen and oxygen atoms in total. The number of methoxy groups -OCH3 is 1. The predicted octanol–water partition coefficient (Wildman–Crippen LogP) is 5.71. The summed E-state index contributed by atoms with van der Waals surface area (Å²) in [6.45, 7) is 1.98. The molecule has 0 aliphatic rings. The minimum Gasteiger partial charge on any atom is -0.496 e. The third kappa shape index (κ3) is 2.76. The third-order valence-corrected chi connectivity index (χ3v) is 4.56. The van der Waals surface area contributed by atoms with Gasteiger partial charge in [0.2, 0.25) is 0 Å². The summed E-state index contributed by atoms with van der Waals surface area (Å²) in [7, 11) is 1.66. The Balaban J connectivity index is 2.12. The number of nitrogens with one attached hydrogen (secondary N) is 1. The second-order valence-corrected chi connectivity index (χ2v) is 6.18. The molecule has 0 aliphatic carbocycles. The number of fused-ring (bicyclic) bond motifs is 1. The minimum absolute atomic E-state index is 0.724. The molecule has 5 heteroatoms. The van der Waals surface area contributed by atoms with Gasteiger partial charge < -0.3 is 10.1 Å². The van der Waals surface area contributed by atoms with E-state index < -0.39 is 0 Å². The molecule has 22 heavy (non-hydrogen) atoms. The maximum absolute atomic E-state index is 6.19. The average molecular weight is 378 g/mol. The van der Waals surface area contributed by atoms with E-state index in [2.05, 4.69) is 26.2 Å². The van der Waals surface area contributed by atoms with Crippen LogP contribution in [0.25, 0.3) is 10.8 Å². The van der Waals surface area contributed by atoms with Gasteiger partial charge in [0.1, 0.15) is 11.6 Å². The zero-order chi connectivity index (χ0) is 15.7. The van der Waals surface area contributed by atoms with E-state index in [1.54, 1.807) is 13.3 Å². The minimum atomic E-state index is 0.724. The molecule has 0 aliphatic heterocycles. The molecule has 1 N–H and O–H groups in total. The van der Waals surface area contributed by atoms with Gasteiger partial charge in [-0.3, -0.25) is 0 Å². The first kappa shape index (κ1) is 15.1.